The van der Waals surface area contributed by atoms with Crippen molar-refractivity contribution >= 4 is 23.1 Å². The number of anilines is 1. The molecule has 0 radical (unpaired) electrons. The van der Waals surface area contributed by atoms with Crippen molar-refractivity contribution in [2.24, 2.45) is 0 Å². The number of amides is 2. The fourth-order valence-corrected chi connectivity index (χ4v) is 2.78. The van der Waals surface area contributed by atoms with Gasteiger partial charge in [0.2, 0.25) is 0 Å². The number of hydrogen-bond donors (Lipinski definition) is 2. The first-order valence-corrected chi connectivity index (χ1v) is 7.95. The third-order valence-electron chi connectivity index (χ3n) is 3.24. The van der Waals surface area contributed by atoms with Crippen LogP contribution in [0.1, 0.15) is 30.0 Å². The summed E-state index contributed by atoms with van der Waals surface area (Å²) in [6, 6.07) is -0.100. The van der Waals surface area contributed by atoms with Crippen LogP contribution in [0.4, 0.5) is 36.8 Å². The summed E-state index contributed by atoms with van der Waals surface area (Å²) < 4.78 is 77.0. The van der Waals surface area contributed by atoms with Crippen molar-refractivity contribution in [3.63, 3.8) is 0 Å². The van der Waals surface area contributed by atoms with Crippen molar-refractivity contribution in [1.82, 2.24) is 10.3 Å². The van der Waals surface area contributed by atoms with Crippen LogP contribution in [0.15, 0.2) is 29.8 Å². The molecule has 0 aliphatic rings. The molecule has 0 aliphatic carbocycles. The summed E-state index contributed by atoms with van der Waals surface area (Å²) in [5.41, 5.74) is -4.62. The zero-order valence-corrected chi connectivity index (χ0v) is 14.2. The lowest BCUT2D eigenvalue weighted by Crippen LogP contribution is -2.43. The molecule has 2 aromatic rings. The van der Waals surface area contributed by atoms with Gasteiger partial charge in [-0.05, 0) is 32.0 Å². The van der Waals surface area contributed by atoms with Gasteiger partial charge in [-0.25, -0.2) is 9.78 Å². The Balaban J connectivity index is 2.26. The Labute approximate surface area is 148 Å². The summed E-state index contributed by atoms with van der Waals surface area (Å²) in [5.74, 6) is 0. The standard InChI is InChI=1S/C15H13F6N3OS/c1-13(2,11-22-3-4-26-11)24-12(25)23-10-6-8(14(16,17)18)5-9(7-10)15(19,20)21/h3-7H,1-2H3,(H2,23,24,25). The van der Waals surface area contributed by atoms with Crippen LogP contribution in [0.25, 0.3) is 0 Å². The van der Waals surface area contributed by atoms with E-state index >= 15 is 0 Å². The van der Waals surface area contributed by atoms with Crippen molar-refractivity contribution in [1.29, 1.82) is 0 Å². The quantitative estimate of drug-likeness (QED) is 0.697. The molecule has 4 nitrogen and oxygen atoms in total. The number of alkyl halides is 6. The molecule has 11 heteroatoms. The summed E-state index contributed by atoms with van der Waals surface area (Å²) in [6.45, 7) is 3.19. The van der Waals surface area contributed by atoms with Gasteiger partial charge in [0, 0.05) is 17.3 Å². The van der Waals surface area contributed by atoms with E-state index in [4.69, 9.17) is 0 Å². The zero-order valence-electron chi connectivity index (χ0n) is 13.4. The van der Waals surface area contributed by atoms with Crippen LogP contribution in [-0.2, 0) is 17.9 Å². The predicted molar refractivity (Wildman–Crippen MR) is 83.7 cm³/mol. The minimum Gasteiger partial charge on any atom is -0.326 e. The van der Waals surface area contributed by atoms with Gasteiger partial charge >= 0.3 is 18.4 Å². The molecule has 2 N–H and O–H groups in total. The van der Waals surface area contributed by atoms with Gasteiger partial charge in [0.15, 0.2) is 0 Å². The minimum atomic E-state index is -4.99. The summed E-state index contributed by atoms with van der Waals surface area (Å²) in [6.07, 6.45) is -8.48. The van der Waals surface area contributed by atoms with Crippen molar-refractivity contribution < 1.29 is 31.1 Å². The molecule has 0 spiro atoms. The van der Waals surface area contributed by atoms with Crippen LogP contribution in [0.2, 0.25) is 0 Å². The normalized spacial score (nSPS) is 12.8. The highest BCUT2D eigenvalue weighted by atomic mass is 32.1. The van der Waals surface area contributed by atoms with E-state index in [-0.39, 0.29) is 6.07 Å². The number of hydrogen-bond acceptors (Lipinski definition) is 3. The van der Waals surface area contributed by atoms with Crippen LogP contribution in [-0.4, -0.2) is 11.0 Å². The highest BCUT2D eigenvalue weighted by Crippen LogP contribution is 2.37. The maximum Gasteiger partial charge on any atom is 0.416 e. The molecule has 0 aliphatic heterocycles. The Hall–Kier alpha value is -2.30. The molecule has 1 heterocycles. The number of aromatic nitrogens is 1. The number of carbonyl (C=O) groups excluding carboxylic acids is 1. The minimum absolute atomic E-state index is 0.0113. The number of carbonyl (C=O) groups is 1. The van der Waals surface area contributed by atoms with Crippen molar-refractivity contribution in [2.75, 3.05) is 5.32 Å². The Morgan fingerprint density at radius 2 is 1.54 bits per heavy atom. The lowest BCUT2D eigenvalue weighted by molar-refractivity contribution is -0.143. The molecule has 0 saturated carbocycles. The van der Waals surface area contributed by atoms with Gasteiger partial charge in [-0.15, -0.1) is 11.3 Å². The Kier molecular flexibility index (Phi) is 5.22. The van der Waals surface area contributed by atoms with Crippen molar-refractivity contribution in [3.05, 3.63) is 45.9 Å². The summed E-state index contributed by atoms with van der Waals surface area (Å²) in [5, 5.41) is 6.66. The first-order chi connectivity index (χ1) is 11.8. The molecule has 1 aromatic carbocycles. The molecule has 0 unspecified atom stereocenters. The van der Waals surface area contributed by atoms with Gasteiger partial charge in [-0.2, -0.15) is 26.3 Å². The van der Waals surface area contributed by atoms with Crippen molar-refractivity contribution in [3.8, 4) is 0 Å². The third kappa shape index (κ3) is 4.87. The number of benzene rings is 1. The van der Waals surface area contributed by atoms with Gasteiger partial charge in [0.05, 0.1) is 16.7 Å². The molecular formula is C15H13F6N3OS. The third-order valence-corrected chi connectivity index (χ3v) is 4.34. The molecule has 2 amide bonds. The highest BCUT2D eigenvalue weighted by Gasteiger charge is 2.37. The second kappa shape index (κ2) is 6.78. The number of halogens is 6. The molecular weight excluding hydrogens is 384 g/mol. The van der Waals surface area contributed by atoms with Gasteiger partial charge in [0.25, 0.3) is 0 Å². The molecule has 0 saturated heterocycles. The van der Waals surface area contributed by atoms with Gasteiger partial charge in [-0.3, -0.25) is 0 Å². The molecule has 1 aromatic heterocycles. The van der Waals surface area contributed by atoms with E-state index in [0.717, 1.165) is 0 Å². The smallest absolute Gasteiger partial charge is 0.326 e. The van der Waals surface area contributed by atoms with E-state index in [0.29, 0.717) is 17.1 Å². The Bertz CT molecular complexity index is 751. The number of nitrogens with zero attached hydrogens (tertiary/aromatic N) is 1. The average molecular weight is 397 g/mol. The summed E-state index contributed by atoms with van der Waals surface area (Å²) in [7, 11) is 0. The molecule has 0 bridgehead atoms. The number of rotatable bonds is 3. The largest absolute Gasteiger partial charge is 0.416 e. The number of urea groups is 1. The summed E-state index contributed by atoms with van der Waals surface area (Å²) >= 11 is 1.24. The number of nitrogens with one attached hydrogen (secondary N) is 2. The number of thiazole rings is 1. The van der Waals surface area contributed by atoms with Gasteiger partial charge < -0.3 is 10.6 Å². The van der Waals surface area contributed by atoms with Crippen LogP contribution < -0.4 is 10.6 Å². The zero-order chi connectivity index (χ0) is 19.8. The fourth-order valence-electron chi connectivity index (χ4n) is 2.06. The predicted octanol–water partition coefficient (Wildman–Crippen LogP) is 5.24. The van der Waals surface area contributed by atoms with Crippen LogP contribution in [0, 0.1) is 0 Å². The molecule has 0 fully saturated rings. The van der Waals surface area contributed by atoms with Crippen LogP contribution in [0.3, 0.4) is 0 Å². The second-order valence-corrected chi connectivity index (χ2v) is 6.73. The lowest BCUT2D eigenvalue weighted by atomic mass is 10.1. The van der Waals surface area contributed by atoms with E-state index in [9.17, 15) is 31.1 Å². The average Bonchev–Trinajstić information content (AvgIpc) is 2.99. The molecule has 0 atom stereocenters. The van der Waals surface area contributed by atoms with Crippen molar-refractivity contribution in [2.45, 2.75) is 31.7 Å². The lowest BCUT2D eigenvalue weighted by Gasteiger charge is -2.24. The second-order valence-electron chi connectivity index (χ2n) is 5.84. The maximum absolute atomic E-state index is 12.8. The van der Waals surface area contributed by atoms with E-state index in [2.05, 4.69) is 10.3 Å². The molecule has 2 rings (SSSR count). The van der Waals surface area contributed by atoms with E-state index in [1.54, 1.807) is 19.2 Å². The topological polar surface area (TPSA) is 54.0 Å². The Morgan fingerprint density at radius 3 is 1.96 bits per heavy atom. The van der Waals surface area contributed by atoms with Crippen LogP contribution in [0.5, 0.6) is 0 Å². The first-order valence-electron chi connectivity index (χ1n) is 7.08. The van der Waals surface area contributed by atoms with E-state index in [1.165, 1.54) is 17.5 Å². The Morgan fingerprint density at radius 1 is 1.00 bits per heavy atom. The van der Waals surface area contributed by atoms with Gasteiger partial charge in [-0.1, -0.05) is 0 Å². The van der Waals surface area contributed by atoms with E-state index < -0.39 is 40.7 Å². The SMILES string of the molecule is CC(C)(NC(=O)Nc1cc(C(F)(F)F)cc(C(F)(F)F)c1)c1nccs1. The van der Waals surface area contributed by atoms with Gasteiger partial charge in [0.1, 0.15) is 5.01 Å². The monoisotopic (exact) mass is 397 g/mol. The highest BCUT2D eigenvalue weighted by molar-refractivity contribution is 7.09. The van der Waals surface area contributed by atoms with Crippen LogP contribution >= 0.6 is 11.3 Å². The molecule has 26 heavy (non-hydrogen) atoms. The summed E-state index contributed by atoms with van der Waals surface area (Å²) in [4.78, 5) is 16.1. The molecule has 142 valence electrons. The fraction of sp³-hybridized carbons (Fsp3) is 0.333. The maximum atomic E-state index is 12.8. The van der Waals surface area contributed by atoms with E-state index in [1.807, 2.05) is 5.32 Å². The first kappa shape index (κ1) is 20.0.